The van der Waals surface area contributed by atoms with E-state index in [0.717, 1.165) is 25.6 Å². The zero-order valence-electron chi connectivity index (χ0n) is 15.1. The van der Waals surface area contributed by atoms with Crippen LogP contribution in [0.2, 0.25) is 0 Å². The molecule has 1 unspecified atom stereocenters. The summed E-state index contributed by atoms with van der Waals surface area (Å²) in [4.78, 5) is 27.8. The van der Waals surface area contributed by atoms with E-state index in [9.17, 15) is 18.0 Å². The molecule has 140 valence electrons. The molecule has 7 nitrogen and oxygen atoms in total. The van der Waals surface area contributed by atoms with E-state index in [4.69, 9.17) is 0 Å². The fourth-order valence-electron chi connectivity index (χ4n) is 3.01. The van der Waals surface area contributed by atoms with Crippen molar-refractivity contribution in [1.29, 1.82) is 0 Å². The van der Waals surface area contributed by atoms with Gasteiger partial charge in [0, 0.05) is 45.6 Å². The Morgan fingerprint density at radius 2 is 1.88 bits per heavy atom. The summed E-state index contributed by atoms with van der Waals surface area (Å²) in [6, 6.07) is 0. The van der Waals surface area contributed by atoms with E-state index in [0.29, 0.717) is 45.4 Å². The van der Waals surface area contributed by atoms with E-state index >= 15 is 0 Å². The topological polar surface area (TPSA) is 86.8 Å². The van der Waals surface area contributed by atoms with Gasteiger partial charge in [0.25, 0.3) is 0 Å². The van der Waals surface area contributed by atoms with Gasteiger partial charge < -0.3 is 9.80 Å². The van der Waals surface area contributed by atoms with Crippen LogP contribution < -0.4 is 4.72 Å². The second kappa shape index (κ2) is 9.98. The summed E-state index contributed by atoms with van der Waals surface area (Å²) in [5.74, 6) is 0.322. The molecule has 1 N–H and O–H groups in total. The monoisotopic (exact) mass is 361 g/mol. The first-order valence-corrected chi connectivity index (χ1v) is 10.7. The molecule has 2 amide bonds. The van der Waals surface area contributed by atoms with Gasteiger partial charge in [-0.05, 0) is 39.0 Å². The molecule has 1 rings (SSSR count). The standard InChI is InChI=1S/C16H31N3O4S/c1-4-18(5-2)15(20)9-6-10-16(21)19-11-7-8-14(13-19)12-17-24(3,22)23/h14,17H,4-13H2,1-3H3. The van der Waals surface area contributed by atoms with Crippen LogP contribution in [0.1, 0.15) is 46.0 Å². The summed E-state index contributed by atoms with van der Waals surface area (Å²) in [6.07, 6.45) is 4.30. The lowest BCUT2D eigenvalue weighted by atomic mass is 9.98. The minimum Gasteiger partial charge on any atom is -0.343 e. The van der Waals surface area contributed by atoms with Crippen molar-refractivity contribution in [2.24, 2.45) is 5.92 Å². The highest BCUT2D eigenvalue weighted by molar-refractivity contribution is 7.88. The van der Waals surface area contributed by atoms with Gasteiger partial charge in [-0.2, -0.15) is 0 Å². The molecule has 0 aromatic rings. The molecular weight excluding hydrogens is 330 g/mol. The minimum atomic E-state index is -3.19. The van der Waals surface area contributed by atoms with Crippen molar-refractivity contribution in [3.63, 3.8) is 0 Å². The van der Waals surface area contributed by atoms with Crippen LogP contribution in [0.4, 0.5) is 0 Å². The summed E-state index contributed by atoms with van der Waals surface area (Å²) in [6.45, 7) is 6.98. The summed E-state index contributed by atoms with van der Waals surface area (Å²) in [5.41, 5.74) is 0. The number of hydrogen-bond acceptors (Lipinski definition) is 4. The molecule has 1 atom stereocenters. The molecule has 0 bridgehead atoms. The van der Waals surface area contributed by atoms with Crippen LogP contribution >= 0.6 is 0 Å². The first kappa shape index (κ1) is 20.9. The zero-order valence-corrected chi connectivity index (χ0v) is 15.9. The maximum absolute atomic E-state index is 12.3. The van der Waals surface area contributed by atoms with Crippen molar-refractivity contribution in [2.75, 3.05) is 39.0 Å². The largest absolute Gasteiger partial charge is 0.343 e. The first-order chi connectivity index (χ1) is 11.3. The molecule has 1 aliphatic heterocycles. The molecule has 0 aromatic carbocycles. The second-order valence-electron chi connectivity index (χ2n) is 6.39. The van der Waals surface area contributed by atoms with Gasteiger partial charge in [-0.3, -0.25) is 9.59 Å². The average molecular weight is 362 g/mol. The van der Waals surface area contributed by atoms with Crippen LogP contribution in [0.5, 0.6) is 0 Å². The third kappa shape index (κ3) is 7.61. The maximum Gasteiger partial charge on any atom is 0.222 e. The predicted octanol–water partition coefficient (Wildman–Crippen LogP) is 0.813. The molecule has 0 aliphatic carbocycles. The lowest BCUT2D eigenvalue weighted by Gasteiger charge is -2.33. The van der Waals surface area contributed by atoms with Gasteiger partial charge >= 0.3 is 0 Å². The summed E-state index contributed by atoms with van der Waals surface area (Å²) < 4.78 is 24.9. The van der Waals surface area contributed by atoms with Crippen molar-refractivity contribution in [3.05, 3.63) is 0 Å². The van der Waals surface area contributed by atoms with E-state index in [1.807, 2.05) is 13.8 Å². The highest BCUT2D eigenvalue weighted by atomic mass is 32.2. The number of amides is 2. The van der Waals surface area contributed by atoms with Gasteiger partial charge in [0.2, 0.25) is 21.8 Å². The van der Waals surface area contributed by atoms with E-state index in [1.165, 1.54) is 0 Å². The number of likely N-dealkylation sites (tertiary alicyclic amines) is 1. The maximum atomic E-state index is 12.3. The van der Waals surface area contributed by atoms with Crippen molar-refractivity contribution < 1.29 is 18.0 Å². The third-order valence-corrected chi connectivity index (χ3v) is 5.09. The molecule has 24 heavy (non-hydrogen) atoms. The van der Waals surface area contributed by atoms with Crippen molar-refractivity contribution in [3.8, 4) is 0 Å². The molecule has 1 fully saturated rings. The van der Waals surface area contributed by atoms with Gasteiger partial charge in [-0.1, -0.05) is 0 Å². The fourth-order valence-corrected chi connectivity index (χ4v) is 3.55. The van der Waals surface area contributed by atoms with E-state index in [1.54, 1.807) is 9.80 Å². The van der Waals surface area contributed by atoms with Gasteiger partial charge in [-0.25, -0.2) is 13.1 Å². The molecule has 8 heteroatoms. The van der Waals surface area contributed by atoms with Crippen molar-refractivity contribution in [1.82, 2.24) is 14.5 Å². The van der Waals surface area contributed by atoms with E-state index < -0.39 is 10.0 Å². The Balaban J connectivity index is 2.35. The molecule has 0 saturated carbocycles. The normalized spacial score (nSPS) is 18.5. The summed E-state index contributed by atoms with van der Waals surface area (Å²) in [5, 5.41) is 0. The van der Waals surface area contributed by atoms with Crippen LogP contribution in [0, 0.1) is 5.92 Å². The Morgan fingerprint density at radius 3 is 2.46 bits per heavy atom. The van der Waals surface area contributed by atoms with Crippen LogP contribution in [0.15, 0.2) is 0 Å². The summed E-state index contributed by atoms with van der Waals surface area (Å²) >= 11 is 0. The van der Waals surface area contributed by atoms with Gasteiger partial charge in [-0.15, -0.1) is 0 Å². The highest BCUT2D eigenvalue weighted by Crippen LogP contribution is 2.17. The lowest BCUT2D eigenvalue weighted by molar-refractivity contribution is -0.133. The van der Waals surface area contributed by atoms with Crippen molar-refractivity contribution in [2.45, 2.75) is 46.0 Å². The number of sulfonamides is 1. The molecule has 0 spiro atoms. The molecule has 1 saturated heterocycles. The number of hydrogen-bond donors (Lipinski definition) is 1. The second-order valence-corrected chi connectivity index (χ2v) is 8.22. The first-order valence-electron chi connectivity index (χ1n) is 8.77. The predicted molar refractivity (Wildman–Crippen MR) is 93.9 cm³/mol. The number of rotatable bonds is 9. The van der Waals surface area contributed by atoms with Crippen molar-refractivity contribution >= 4 is 21.8 Å². The quantitative estimate of drug-likeness (QED) is 0.658. The third-order valence-electron chi connectivity index (χ3n) is 4.40. The Kier molecular flexibility index (Phi) is 8.69. The number of piperidine rings is 1. The molecule has 1 aliphatic rings. The van der Waals surface area contributed by atoms with E-state index in [2.05, 4.69) is 4.72 Å². The fraction of sp³-hybridized carbons (Fsp3) is 0.875. The van der Waals surface area contributed by atoms with Crippen LogP contribution in [0.3, 0.4) is 0 Å². The Labute approximate surface area is 145 Å². The highest BCUT2D eigenvalue weighted by Gasteiger charge is 2.24. The minimum absolute atomic E-state index is 0.0615. The number of nitrogens with one attached hydrogen (secondary N) is 1. The average Bonchev–Trinajstić information content (AvgIpc) is 2.53. The van der Waals surface area contributed by atoms with Crippen LogP contribution in [0.25, 0.3) is 0 Å². The van der Waals surface area contributed by atoms with E-state index in [-0.39, 0.29) is 17.7 Å². The van der Waals surface area contributed by atoms with Crippen LogP contribution in [-0.4, -0.2) is 69.0 Å². The molecule has 0 radical (unpaired) electrons. The van der Waals surface area contributed by atoms with Gasteiger partial charge in [0.1, 0.15) is 0 Å². The van der Waals surface area contributed by atoms with Crippen LogP contribution in [-0.2, 0) is 19.6 Å². The number of nitrogens with zero attached hydrogens (tertiary/aromatic N) is 2. The smallest absolute Gasteiger partial charge is 0.222 e. The summed E-state index contributed by atoms with van der Waals surface area (Å²) in [7, 11) is -3.19. The SMILES string of the molecule is CCN(CC)C(=O)CCCC(=O)N1CCCC(CNS(C)(=O)=O)C1. The Hall–Kier alpha value is -1.15. The number of carbonyl (C=O) groups excluding carboxylic acids is 2. The Morgan fingerprint density at radius 1 is 1.21 bits per heavy atom. The van der Waals surface area contributed by atoms with Gasteiger partial charge in [0.05, 0.1) is 6.26 Å². The molecule has 1 heterocycles. The zero-order chi connectivity index (χ0) is 18.2. The van der Waals surface area contributed by atoms with Gasteiger partial charge in [0.15, 0.2) is 0 Å². The molecular formula is C16H31N3O4S. The molecule has 0 aromatic heterocycles. The number of carbonyl (C=O) groups is 2. The lowest BCUT2D eigenvalue weighted by Crippen LogP contribution is -2.43. The Bertz CT molecular complexity index is 517.